The van der Waals surface area contributed by atoms with Crippen LogP contribution in [-0.2, 0) is 11.3 Å². The van der Waals surface area contributed by atoms with Gasteiger partial charge in [0.05, 0.1) is 17.9 Å². The zero-order chi connectivity index (χ0) is 17.9. The number of benzene rings is 1. The van der Waals surface area contributed by atoms with Gasteiger partial charge in [-0.25, -0.2) is 0 Å². The fraction of sp³-hybridized carbons (Fsp3) is 0.250. The van der Waals surface area contributed by atoms with Crippen molar-refractivity contribution < 1.29 is 4.79 Å². The van der Waals surface area contributed by atoms with Crippen molar-refractivity contribution in [2.24, 2.45) is 0 Å². The SMILES string of the molecule is CN(Cc1cn[nH]c1-c1cccnc1)[C@H]1CCN(c2ccccc2)C1=O. The zero-order valence-corrected chi connectivity index (χ0v) is 14.7. The average Bonchev–Trinajstić information content (AvgIpc) is 3.29. The predicted molar refractivity (Wildman–Crippen MR) is 100 cm³/mol. The molecule has 0 saturated carbocycles. The van der Waals surface area contributed by atoms with Gasteiger partial charge < -0.3 is 4.90 Å². The summed E-state index contributed by atoms with van der Waals surface area (Å²) in [7, 11) is 2.00. The molecule has 0 spiro atoms. The van der Waals surface area contributed by atoms with Crippen molar-refractivity contribution in [3.8, 4) is 11.3 Å². The van der Waals surface area contributed by atoms with Gasteiger partial charge in [-0.1, -0.05) is 18.2 Å². The van der Waals surface area contributed by atoms with E-state index in [1.807, 2.05) is 66.8 Å². The van der Waals surface area contributed by atoms with Crippen LogP contribution < -0.4 is 4.90 Å². The lowest BCUT2D eigenvalue weighted by Gasteiger charge is -2.23. The van der Waals surface area contributed by atoms with E-state index in [4.69, 9.17) is 0 Å². The number of carbonyl (C=O) groups is 1. The summed E-state index contributed by atoms with van der Waals surface area (Å²) in [6.07, 6.45) is 6.22. The normalized spacial score (nSPS) is 17.2. The van der Waals surface area contributed by atoms with Crippen molar-refractivity contribution in [3.05, 3.63) is 66.6 Å². The fourth-order valence-electron chi connectivity index (χ4n) is 3.51. The monoisotopic (exact) mass is 347 g/mol. The van der Waals surface area contributed by atoms with Crippen molar-refractivity contribution in [1.82, 2.24) is 20.1 Å². The van der Waals surface area contributed by atoms with Crippen LogP contribution in [0.15, 0.2) is 61.1 Å². The number of aromatic nitrogens is 3. The summed E-state index contributed by atoms with van der Waals surface area (Å²) in [6, 6.07) is 13.6. The molecule has 2 aromatic heterocycles. The molecule has 1 atom stereocenters. The molecule has 26 heavy (non-hydrogen) atoms. The van der Waals surface area contributed by atoms with E-state index >= 15 is 0 Å². The number of para-hydroxylation sites is 1. The van der Waals surface area contributed by atoms with Gasteiger partial charge in [0, 0.05) is 42.3 Å². The van der Waals surface area contributed by atoms with Crippen molar-refractivity contribution in [2.75, 3.05) is 18.5 Å². The number of hydrogen-bond acceptors (Lipinski definition) is 4. The minimum atomic E-state index is -0.119. The molecule has 4 rings (SSSR count). The van der Waals surface area contributed by atoms with Crippen molar-refractivity contribution in [3.63, 3.8) is 0 Å². The van der Waals surface area contributed by atoms with E-state index in [0.29, 0.717) is 6.54 Å². The number of hydrogen-bond donors (Lipinski definition) is 1. The standard InChI is InChI=1S/C20H21N5O/c1-24(14-16-13-22-23-19(16)15-6-5-10-21-12-15)18-9-11-25(20(18)26)17-7-3-2-4-8-17/h2-8,10,12-13,18H,9,11,14H2,1H3,(H,22,23)/t18-/m0/s1. The van der Waals surface area contributed by atoms with Gasteiger partial charge in [-0.3, -0.25) is 19.8 Å². The molecule has 0 aliphatic carbocycles. The largest absolute Gasteiger partial charge is 0.311 e. The maximum atomic E-state index is 12.9. The van der Waals surface area contributed by atoms with Crippen LogP contribution in [0.4, 0.5) is 5.69 Å². The lowest BCUT2D eigenvalue weighted by Crippen LogP contribution is -2.39. The lowest BCUT2D eigenvalue weighted by atomic mass is 10.1. The van der Waals surface area contributed by atoms with Crippen LogP contribution in [0, 0.1) is 0 Å². The third-order valence-electron chi connectivity index (χ3n) is 4.86. The highest BCUT2D eigenvalue weighted by Gasteiger charge is 2.35. The molecule has 0 radical (unpaired) electrons. The minimum absolute atomic E-state index is 0.119. The maximum Gasteiger partial charge on any atom is 0.244 e. The van der Waals surface area contributed by atoms with Crippen LogP contribution in [0.3, 0.4) is 0 Å². The third-order valence-corrected chi connectivity index (χ3v) is 4.86. The van der Waals surface area contributed by atoms with E-state index in [-0.39, 0.29) is 11.9 Å². The number of pyridine rings is 1. The average molecular weight is 347 g/mol. The van der Waals surface area contributed by atoms with Crippen LogP contribution in [-0.4, -0.2) is 45.6 Å². The Morgan fingerprint density at radius 3 is 2.81 bits per heavy atom. The number of likely N-dealkylation sites (N-methyl/N-ethyl adjacent to an activating group) is 1. The molecule has 0 bridgehead atoms. The molecule has 1 aliphatic heterocycles. The molecule has 1 aromatic carbocycles. The number of carbonyl (C=O) groups excluding carboxylic acids is 1. The van der Waals surface area contributed by atoms with Crippen molar-refractivity contribution in [1.29, 1.82) is 0 Å². The van der Waals surface area contributed by atoms with Crippen LogP contribution in [0.5, 0.6) is 0 Å². The predicted octanol–water partition coefficient (Wildman–Crippen LogP) is 2.71. The van der Waals surface area contributed by atoms with Gasteiger partial charge in [0.1, 0.15) is 0 Å². The van der Waals surface area contributed by atoms with Crippen LogP contribution in [0.25, 0.3) is 11.3 Å². The summed E-state index contributed by atoms with van der Waals surface area (Å²) >= 11 is 0. The number of nitrogens with one attached hydrogen (secondary N) is 1. The first kappa shape index (κ1) is 16.5. The Morgan fingerprint density at radius 1 is 1.19 bits per heavy atom. The molecule has 132 valence electrons. The Labute approximate surface area is 152 Å². The van der Waals surface area contributed by atoms with E-state index in [9.17, 15) is 4.79 Å². The molecule has 6 nitrogen and oxygen atoms in total. The van der Waals surface area contributed by atoms with Crippen LogP contribution in [0.2, 0.25) is 0 Å². The van der Waals surface area contributed by atoms with E-state index < -0.39 is 0 Å². The molecule has 3 heterocycles. The Morgan fingerprint density at radius 2 is 2.04 bits per heavy atom. The molecule has 1 fully saturated rings. The van der Waals surface area contributed by atoms with E-state index in [0.717, 1.165) is 35.5 Å². The summed E-state index contributed by atoms with van der Waals surface area (Å²) in [6.45, 7) is 1.40. The molecular formula is C20H21N5O. The number of amides is 1. The molecule has 1 aliphatic rings. The first-order valence-corrected chi connectivity index (χ1v) is 8.73. The Balaban J connectivity index is 1.49. The molecule has 3 aromatic rings. The molecule has 1 saturated heterocycles. The van der Waals surface area contributed by atoms with Gasteiger partial charge in [-0.2, -0.15) is 5.10 Å². The lowest BCUT2D eigenvalue weighted by molar-refractivity contribution is -0.121. The van der Waals surface area contributed by atoms with Gasteiger partial charge in [0.25, 0.3) is 0 Å². The van der Waals surface area contributed by atoms with E-state index in [1.165, 1.54) is 0 Å². The van der Waals surface area contributed by atoms with Crippen LogP contribution >= 0.6 is 0 Å². The summed E-state index contributed by atoms with van der Waals surface area (Å²) in [5, 5.41) is 7.24. The maximum absolute atomic E-state index is 12.9. The third kappa shape index (κ3) is 3.11. The van der Waals surface area contributed by atoms with E-state index in [1.54, 1.807) is 6.20 Å². The van der Waals surface area contributed by atoms with Crippen molar-refractivity contribution in [2.45, 2.75) is 19.0 Å². The molecular weight excluding hydrogens is 326 g/mol. The summed E-state index contributed by atoms with van der Waals surface area (Å²) < 4.78 is 0. The molecule has 0 unspecified atom stereocenters. The van der Waals surface area contributed by atoms with Gasteiger partial charge in [0.15, 0.2) is 0 Å². The van der Waals surface area contributed by atoms with Crippen LogP contribution in [0.1, 0.15) is 12.0 Å². The fourth-order valence-corrected chi connectivity index (χ4v) is 3.51. The van der Waals surface area contributed by atoms with Gasteiger partial charge in [-0.15, -0.1) is 0 Å². The second-order valence-corrected chi connectivity index (χ2v) is 6.56. The number of aromatic amines is 1. The van der Waals surface area contributed by atoms with Gasteiger partial charge in [-0.05, 0) is 37.7 Å². The molecule has 1 amide bonds. The summed E-state index contributed by atoms with van der Waals surface area (Å²) in [4.78, 5) is 21.0. The number of nitrogens with zero attached hydrogens (tertiary/aromatic N) is 4. The highest BCUT2D eigenvalue weighted by Crippen LogP contribution is 2.26. The minimum Gasteiger partial charge on any atom is -0.311 e. The topological polar surface area (TPSA) is 65.1 Å². The summed E-state index contributed by atoms with van der Waals surface area (Å²) in [5.41, 5.74) is 3.98. The first-order valence-electron chi connectivity index (χ1n) is 8.73. The van der Waals surface area contributed by atoms with Gasteiger partial charge in [0.2, 0.25) is 5.91 Å². The number of anilines is 1. The quantitative estimate of drug-likeness (QED) is 0.771. The van der Waals surface area contributed by atoms with E-state index in [2.05, 4.69) is 20.1 Å². The number of H-pyrrole nitrogens is 1. The number of rotatable bonds is 5. The van der Waals surface area contributed by atoms with Crippen molar-refractivity contribution >= 4 is 11.6 Å². The highest BCUT2D eigenvalue weighted by atomic mass is 16.2. The highest BCUT2D eigenvalue weighted by molar-refractivity contribution is 5.99. The Bertz CT molecular complexity index is 877. The van der Waals surface area contributed by atoms with Gasteiger partial charge >= 0.3 is 0 Å². The molecule has 1 N–H and O–H groups in total. The second kappa shape index (κ2) is 7.09. The summed E-state index contributed by atoms with van der Waals surface area (Å²) in [5.74, 6) is 0.158. The second-order valence-electron chi connectivity index (χ2n) is 6.56. The Kier molecular flexibility index (Phi) is 4.50. The zero-order valence-electron chi connectivity index (χ0n) is 14.7. The smallest absolute Gasteiger partial charge is 0.244 e. The molecule has 6 heteroatoms. The Hall–Kier alpha value is -2.99. The first-order chi connectivity index (χ1) is 12.7.